The molecule has 0 aromatic heterocycles. The Balaban J connectivity index is 2.31. The van der Waals surface area contributed by atoms with Crippen molar-refractivity contribution < 1.29 is 4.39 Å². The lowest BCUT2D eigenvalue weighted by molar-refractivity contribution is 0.271. The molecule has 0 aliphatic heterocycles. The summed E-state index contributed by atoms with van der Waals surface area (Å²) < 4.78 is 12.7. The van der Waals surface area contributed by atoms with E-state index in [9.17, 15) is 4.39 Å². The number of halogens is 1. The van der Waals surface area contributed by atoms with Crippen LogP contribution in [0.5, 0.6) is 0 Å². The maximum atomic E-state index is 12.7. The van der Waals surface area contributed by atoms with Crippen LogP contribution in [0.2, 0.25) is 0 Å². The third-order valence-corrected chi connectivity index (χ3v) is 2.83. The highest BCUT2D eigenvalue weighted by Crippen LogP contribution is 2.42. The Morgan fingerprint density at radius 3 is 2.36 bits per heavy atom. The van der Waals surface area contributed by atoms with Crippen molar-refractivity contribution in [3.63, 3.8) is 0 Å². The van der Waals surface area contributed by atoms with Crippen LogP contribution in [-0.4, -0.2) is 6.04 Å². The zero-order valence-electron chi connectivity index (χ0n) is 7.70. The highest BCUT2D eigenvalue weighted by Gasteiger charge is 2.44. The van der Waals surface area contributed by atoms with Gasteiger partial charge < -0.3 is 5.73 Å². The third kappa shape index (κ3) is 1.28. The molecule has 0 heterocycles. The monoisotopic (exact) mass is 190 g/mol. The lowest BCUT2D eigenvalue weighted by Crippen LogP contribution is -2.48. The van der Waals surface area contributed by atoms with Gasteiger partial charge in [-0.15, -0.1) is 0 Å². The average molecular weight is 190 g/mol. The van der Waals surface area contributed by atoms with Crippen molar-refractivity contribution in [2.45, 2.75) is 24.3 Å². The van der Waals surface area contributed by atoms with Crippen molar-refractivity contribution in [1.82, 2.24) is 0 Å². The zero-order valence-corrected chi connectivity index (χ0v) is 7.70. The Kier molecular flexibility index (Phi) is 2.01. The molecule has 0 amide bonds. The van der Waals surface area contributed by atoms with E-state index in [2.05, 4.69) is 6.07 Å². The van der Waals surface area contributed by atoms with Crippen LogP contribution in [0.1, 0.15) is 18.4 Å². The number of nitrogens with zero attached hydrogens (tertiary/aromatic N) is 1. The van der Waals surface area contributed by atoms with Crippen molar-refractivity contribution in [2.75, 3.05) is 0 Å². The number of nitriles is 1. The standard InChI is InChI=1S/C11H11FN2/c12-9-3-1-8(2-4-9)11(7-13)5-10(14)6-11/h1-4,10H,5-6,14H2/t10-,11+. The molecule has 0 radical (unpaired) electrons. The topological polar surface area (TPSA) is 49.8 Å². The summed E-state index contributed by atoms with van der Waals surface area (Å²) in [6.07, 6.45) is 1.35. The van der Waals surface area contributed by atoms with Crippen LogP contribution < -0.4 is 5.73 Å². The van der Waals surface area contributed by atoms with E-state index in [0.717, 1.165) is 5.56 Å². The molecule has 3 heteroatoms. The summed E-state index contributed by atoms with van der Waals surface area (Å²) in [7, 11) is 0. The van der Waals surface area contributed by atoms with Crippen LogP contribution in [0.15, 0.2) is 24.3 Å². The molecule has 1 saturated carbocycles. The molecule has 1 aromatic rings. The summed E-state index contributed by atoms with van der Waals surface area (Å²) >= 11 is 0. The van der Waals surface area contributed by atoms with Crippen molar-refractivity contribution in [1.29, 1.82) is 5.26 Å². The summed E-state index contributed by atoms with van der Waals surface area (Å²) in [5.74, 6) is -0.273. The average Bonchev–Trinajstić information content (AvgIpc) is 2.14. The number of benzene rings is 1. The Hall–Kier alpha value is -1.40. The largest absolute Gasteiger partial charge is 0.328 e. The molecule has 0 spiro atoms. The van der Waals surface area contributed by atoms with Gasteiger partial charge in [-0.25, -0.2) is 4.39 Å². The van der Waals surface area contributed by atoms with Gasteiger partial charge in [0.1, 0.15) is 5.82 Å². The van der Waals surface area contributed by atoms with Crippen LogP contribution in [0, 0.1) is 17.1 Å². The minimum atomic E-state index is -0.465. The van der Waals surface area contributed by atoms with Crippen molar-refractivity contribution in [3.8, 4) is 6.07 Å². The fourth-order valence-corrected chi connectivity index (χ4v) is 2.00. The molecule has 0 saturated heterocycles. The predicted octanol–water partition coefficient (Wildman–Crippen LogP) is 1.71. The van der Waals surface area contributed by atoms with Crippen LogP contribution in [0.4, 0.5) is 4.39 Å². The second kappa shape index (κ2) is 3.07. The Morgan fingerprint density at radius 1 is 1.36 bits per heavy atom. The molecular weight excluding hydrogens is 179 g/mol. The summed E-state index contributed by atoms with van der Waals surface area (Å²) in [4.78, 5) is 0. The van der Waals surface area contributed by atoms with E-state index in [1.807, 2.05) is 0 Å². The van der Waals surface area contributed by atoms with E-state index in [0.29, 0.717) is 12.8 Å². The lowest BCUT2D eigenvalue weighted by atomic mass is 9.63. The minimum Gasteiger partial charge on any atom is -0.328 e. The first-order valence-electron chi connectivity index (χ1n) is 4.59. The van der Waals surface area contributed by atoms with Gasteiger partial charge in [-0.05, 0) is 30.5 Å². The SMILES string of the molecule is N#C[C@]1(c2ccc(F)cc2)C[C@@H](N)C1. The van der Waals surface area contributed by atoms with Gasteiger partial charge in [0.2, 0.25) is 0 Å². The highest BCUT2D eigenvalue weighted by atomic mass is 19.1. The lowest BCUT2D eigenvalue weighted by Gasteiger charge is -2.40. The van der Waals surface area contributed by atoms with Crippen LogP contribution in [0.25, 0.3) is 0 Å². The molecule has 0 bridgehead atoms. The van der Waals surface area contributed by atoms with Gasteiger partial charge in [0.05, 0.1) is 11.5 Å². The van der Waals surface area contributed by atoms with Crippen LogP contribution in [-0.2, 0) is 5.41 Å². The summed E-state index contributed by atoms with van der Waals surface area (Å²) in [6, 6.07) is 8.51. The van der Waals surface area contributed by atoms with Crippen molar-refractivity contribution in [3.05, 3.63) is 35.6 Å². The molecule has 1 aromatic carbocycles. The molecule has 0 unspecified atom stereocenters. The first kappa shape index (κ1) is 9.17. The fraction of sp³-hybridized carbons (Fsp3) is 0.364. The maximum Gasteiger partial charge on any atom is 0.123 e. The maximum absolute atomic E-state index is 12.7. The molecule has 2 N–H and O–H groups in total. The number of hydrogen-bond acceptors (Lipinski definition) is 2. The zero-order chi connectivity index (χ0) is 10.2. The Labute approximate surface area is 82.1 Å². The number of rotatable bonds is 1. The van der Waals surface area contributed by atoms with Gasteiger partial charge in [0.25, 0.3) is 0 Å². The normalized spacial score (nSPS) is 30.5. The van der Waals surface area contributed by atoms with Gasteiger partial charge in [-0.3, -0.25) is 0 Å². The molecule has 2 nitrogen and oxygen atoms in total. The summed E-state index contributed by atoms with van der Waals surface area (Å²) in [6.45, 7) is 0. The van der Waals surface area contributed by atoms with Gasteiger partial charge >= 0.3 is 0 Å². The van der Waals surface area contributed by atoms with Gasteiger partial charge in [0, 0.05) is 6.04 Å². The quantitative estimate of drug-likeness (QED) is 0.732. The molecule has 72 valence electrons. The smallest absolute Gasteiger partial charge is 0.123 e. The third-order valence-electron chi connectivity index (χ3n) is 2.83. The summed E-state index contributed by atoms with van der Waals surface area (Å²) in [5.41, 5.74) is 6.08. The van der Waals surface area contributed by atoms with E-state index >= 15 is 0 Å². The van der Waals surface area contributed by atoms with E-state index in [1.54, 1.807) is 12.1 Å². The van der Waals surface area contributed by atoms with E-state index in [1.165, 1.54) is 12.1 Å². The molecule has 1 aliphatic carbocycles. The molecule has 2 rings (SSSR count). The summed E-state index contributed by atoms with van der Waals surface area (Å²) in [5, 5.41) is 9.08. The number of nitrogens with two attached hydrogens (primary N) is 1. The van der Waals surface area contributed by atoms with E-state index in [-0.39, 0.29) is 11.9 Å². The van der Waals surface area contributed by atoms with Crippen molar-refractivity contribution in [2.24, 2.45) is 5.73 Å². The predicted molar refractivity (Wildman–Crippen MR) is 50.9 cm³/mol. The van der Waals surface area contributed by atoms with Crippen molar-refractivity contribution >= 4 is 0 Å². The highest BCUT2D eigenvalue weighted by molar-refractivity contribution is 5.36. The van der Waals surface area contributed by atoms with Crippen LogP contribution in [0.3, 0.4) is 0 Å². The Bertz CT molecular complexity index is 371. The molecular formula is C11H11FN2. The van der Waals surface area contributed by atoms with Gasteiger partial charge in [0.15, 0.2) is 0 Å². The first-order chi connectivity index (χ1) is 6.66. The second-order valence-corrected chi connectivity index (χ2v) is 3.87. The second-order valence-electron chi connectivity index (χ2n) is 3.87. The van der Waals surface area contributed by atoms with E-state index in [4.69, 9.17) is 11.0 Å². The molecule has 14 heavy (non-hydrogen) atoms. The molecule has 0 atom stereocenters. The van der Waals surface area contributed by atoms with Crippen LogP contribution >= 0.6 is 0 Å². The van der Waals surface area contributed by atoms with Gasteiger partial charge in [-0.1, -0.05) is 12.1 Å². The number of hydrogen-bond donors (Lipinski definition) is 1. The minimum absolute atomic E-state index is 0.111. The Morgan fingerprint density at radius 2 is 1.93 bits per heavy atom. The fourth-order valence-electron chi connectivity index (χ4n) is 2.00. The molecule has 1 aliphatic rings. The first-order valence-corrected chi connectivity index (χ1v) is 4.59. The van der Waals surface area contributed by atoms with E-state index < -0.39 is 5.41 Å². The van der Waals surface area contributed by atoms with Gasteiger partial charge in [-0.2, -0.15) is 5.26 Å². The molecule has 1 fully saturated rings.